The highest BCUT2D eigenvalue weighted by molar-refractivity contribution is 5.09. The third-order valence-corrected chi connectivity index (χ3v) is 5.22. The van der Waals surface area contributed by atoms with Crippen molar-refractivity contribution >= 4 is 0 Å². The summed E-state index contributed by atoms with van der Waals surface area (Å²) >= 11 is 0. The van der Waals surface area contributed by atoms with Gasteiger partial charge in [0.25, 0.3) is 0 Å². The summed E-state index contributed by atoms with van der Waals surface area (Å²) in [6, 6.07) is 8.62. The number of hydrogen-bond acceptors (Lipinski definition) is 5. The van der Waals surface area contributed by atoms with Crippen molar-refractivity contribution in [1.82, 2.24) is 9.88 Å². The standard InChI is InChI=1S/C20H26N2O3/c1-15-3-2-4-17(21-15)13-24-14-18-5-6-19-20(25-18)7-9-22(19)11-16-8-10-23-12-16/h2-4,8,10,12,18-20H,5-7,9,11,13-14H2,1H3/t18-,19?,20?/m0/s1. The molecule has 134 valence electrons. The van der Waals surface area contributed by atoms with Gasteiger partial charge in [0.1, 0.15) is 0 Å². The van der Waals surface area contributed by atoms with Gasteiger partial charge in [-0.15, -0.1) is 0 Å². The van der Waals surface area contributed by atoms with E-state index in [4.69, 9.17) is 13.9 Å². The molecule has 0 saturated carbocycles. The lowest BCUT2D eigenvalue weighted by atomic mass is 9.99. The number of rotatable bonds is 6. The van der Waals surface area contributed by atoms with Crippen LogP contribution in [-0.2, 0) is 22.6 Å². The number of hydrogen-bond donors (Lipinski definition) is 0. The maximum Gasteiger partial charge on any atom is 0.0947 e. The molecule has 2 fully saturated rings. The maximum atomic E-state index is 6.31. The number of fused-ring (bicyclic) bond motifs is 1. The van der Waals surface area contributed by atoms with Crippen LogP contribution in [0.25, 0.3) is 0 Å². The van der Waals surface area contributed by atoms with Gasteiger partial charge in [0.15, 0.2) is 0 Å². The summed E-state index contributed by atoms with van der Waals surface area (Å²) in [6.45, 7) is 5.27. The molecule has 2 aromatic heterocycles. The molecule has 2 aliphatic rings. The minimum absolute atomic E-state index is 0.208. The smallest absolute Gasteiger partial charge is 0.0947 e. The second-order valence-corrected chi connectivity index (χ2v) is 7.12. The number of likely N-dealkylation sites (tertiary alicyclic amines) is 1. The van der Waals surface area contributed by atoms with Gasteiger partial charge in [-0.1, -0.05) is 6.07 Å². The molecule has 5 nitrogen and oxygen atoms in total. The van der Waals surface area contributed by atoms with E-state index in [1.807, 2.05) is 37.5 Å². The predicted octanol–water partition coefficient (Wildman–Crippen LogP) is 3.32. The molecule has 0 bridgehead atoms. The molecule has 0 spiro atoms. The minimum atomic E-state index is 0.208. The van der Waals surface area contributed by atoms with E-state index >= 15 is 0 Å². The van der Waals surface area contributed by atoms with Crippen LogP contribution in [0.4, 0.5) is 0 Å². The Morgan fingerprint density at radius 2 is 2.20 bits per heavy atom. The van der Waals surface area contributed by atoms with E-state index in [0.717, 1.165) is 37.3 Å². The van der Waals surface area contributed by atoms with E-state index in [2.05, 4.69) is 9.88 Å². The lowest BCUT2D eigenvalue weighted by Gasteiger charge is -2.35. The minimum Gasteiger partial charge on any atom is -0.472 e. The van der Waals surface area contributed by atoms with Crippen LogP contribution in [-0.4, -0.2) is 41.3 Å². The van der Waals surface area contributed by atoms with E-state index in [0.29, 0.717) is 25.4 Å². The molecule has 2 unspecified atom stereocenters. The topological polar surface area (TPSA) is 47.7 Å². The van der Waals surface area contributed by atoms with E-state index in [1.54, 1.807) is 6.26 Å². The normalized spacial score (nSPS) is 26.7. The Labute approximate surface area is 148 Å². The number of furan rings is 1. The molecule has 2 aromatic rings. The zero-order valence-corrected chi connectivity index (χ0v) is 14.8. The van der Waals surface area contributed by atoms with E-state index in [9.17, 15) is 0 Å². The molecule has 0 radical (unpaired) electrons. The van der Waals surface area contributed by atoms with E-state index in [1.165, 1.54) is 12.0 Å². The third-order valence-electron chi connectivity index (χ3n) is 5.22. The van der Waals surface area contributed by atoms with Crippen molar-refractivity contribution in [2.45, 2.75) is 57.6 Å². The van der Waals surface area contributed by atoms with Gasteiger partial charge < -0.3 is 13.9 Å². The fourth-order valence-corrected chi connectivity index (χ4v) is 4.00. The molecule has 4 rings (SSSR count). The molecule has 25 heavy (non-hydrogen) atoms. The van der Waals surface area contributed by atoms with Crippen LogP contribution in [0.1, 0.15) is 36.2 Å². The average Bonchev–Trinajstić information content (AvgIpc) is 3.26. The van der Waals surface area contributed by atoms with Gasteiger partial charge in [-0.3, -0.25) is 9.88 Å². The fraction of sp³-hybridized carbons (Fsp3) is 0.550. The fourth-order valence-electron chi connectivity index (χ4n) is 4.00. The Morgan fingerprint density at radius 3 is 3.04 bits per heavy atom. The Bertz CT molecular complexity index is 673. The second kappa shape index (κ2) is 7.68. The van der Waals surface area contributed by atoms with Gasteiger partial charge in [0.05, 0.1) is 43.6 Å². The average molecular weight is 342 g/mol. The lowest BCUT2D eigenvalue weighted by molar-refractivity contribution is -0.102. The Hall–Kier alpha value is -1.69. The van der Waals surface area contributed by atoms with Crippen LogP contribution in [0.5, 0.6) is 0 Å². The molecule has 0 aromatic carbocycles. The monoisotopic (exact) mass is 342 g/mol. The highest BCUT2D eigenvalue weighted by Crippen LogP contribution is 2.32. The van der Waals surface area contributed by atoms with Crippen molar-refractivity contribution in [2.75, 3.05) is 13.2 Å². The van der Waals surface area contributed by atoms with Crippen molar-refractivity contribution in [3.63, 3.8) is 0 Å². The van der Waals surface area contributed by atoms with Crippen LogP contribution in [0.2, 0.25) is 0 Å². The number of aromatic nitrogens is 1. The first-order valence-corrected chi connectivity index (χ1v) is 9.19. The molecule has 4 heterocycles. The summed E-state index contributed by atoms with van der Waals surface area (Å²) in [6.07, 6.45) is 7.48. The van der Waals surface area contributed by atoms with Crippen molar-refractivity contribution in [1.29, 1.82) is 0 Å². The third kappa shape index (κ3) is 4.11. The van der Waals surface area contributed by atoms with Crippen LogP contribution in [0.3, 0.4) is 0 Å². The molecule has 2 aliphatic heterocycles. The first-order valence-electron chi connectivity index (χ1n) is 9.19. The van der Waals surface area contributed by atoms with E-state index < -0.39 is 0 Å². The number of pyridine rings is 1. The summed E-state index contributed by atoms with van der Waals surface area (Å²) in [5, 5.41) is 0. The Kier molecular flexibility index (Phi) is 5.15. The number of nitrogens with zero attached hydrogens (tertiary/aromatic N) is 2. The predicted molar refractivity (Wildman–Crippen MR) is 94.0 cm³/mol. The largest absolute Gasteiger partial charge is 0.472 e. The first kappa shape index (κ1) is 16.8. The van der Waals surface area contributed by atoms with Crippen LogP contribution >= 0.6 is 0 Å². The van der Waals surface area contributed by atoms with Gasteiger partial charge in [-0.25, -0.2) is 0 Å². The van der Waals surface area contributed by atoms with Gasteiger partial charge >= 0.3 is 0 Å². The van der Waals surface area contributed by atoms with Crippen LogP contribution < -0.4 is 0 Å². The number of aryl methyl sites for hydroxylation is 1. The summed E-state index contributed by atoms with van der Waals surface area (Å²) < 4.78 is 17.4. The maximum absolute atomic E-state index is 6.31. The zero-order chi connectivity index (χ0) is 17.1. The molecular weight excluding hydrogens is 316 g/mol. The molecule has 2 saturated heterocycles. The first-order chi connectivity index (χ1) is 12.3. The summed E-state index contributed by atoms with van der Waals surface area (Å²) in [5.41, 5.74) is 3.26. The Balaban J connectivity index is 1.23. The van der Waals surface area contributed by atoms with Gasteiger partial charge in [-0.2, -0.15) is 0 Å². The van der Waals surface area contributed by atoms with Gasteiger partial charge in [0.2, 0.25) is 0 Å². The molecule has 0 aliphatic carbocycles. The highest BCUT2D eigenvalue weighted by atomic mass is 16.5. The zero-order valence-electron chi connectivity index (χ0n) is 14.8. The van der Waals surface area contributed by atoms with Crippen LogP contribution in [0, 0.1) is 6.92 Å². The summed E-state index contributed by atoms with van der Waals surface area (Å²) in [4.78, 5) is 7.01. The van der Waals surface area contributed by atoms with Crippen LogP contribution in [0.15, 0.2) is 41.2 Å². The van der Waals surface area contributed by atoms with Crippen molar-refractivity contribution in [3.05, 3.63) is 53.7 Å². The molecule has 0 N–H and O–H groups in total. The Morgan fingerprint density at radius 1 is 1.24 bits per heavy atom. The molecule has 0 amide bonds. The summed E-state index contributed by atoms with van der Waals surface area (Å²) in [7, 11) is 0. The van der Waals surface area contributed by atoms with E-state index in [-0.39, 0.29) is 6.10 Å². The molecule has 3 atom stereocenters. The highest BCUT2D eigenvalue weighted by Gasteiger charge is 2.39. The van der Waals surface area contributed by atoms with Gasteiger partial charge in [-0.05, 0) is 44.4 Å². The quantitative estimate of drug-likeness (QED) is 0.806. The van der Waals surface area contributed by atoms with Crippen molar-refractivity contribution in [2.24, 2.45) is 0 Å². The second-order valence-electron chi connectivity index (χ2n) is 7.12. The van der Waals surface area contributed by atoms with Crippen molar-refractivity contribution < 1.29 is 13.9 Å². The number of ether oxygens (including phenoxy) is 2. The lowest BCUT2D eigenvalue weighted by Crippen LogP contribution is -2.43. The van der Waals surface area contributed by atoms with Gasteiger partial charge in [0, 0.05) is 30.4 Å². The summed E-state index contributed by atoms with van der Waals surface area (Å²) in [5.74, 6) is 0. The SMILES string of the molecule is Cc1cccc(COC[C@@H]2CCC3C(CCN3Cc3ccoc3)O2)n1. The van der Waals surface area contributed by atoms with Crippen molar-refractivity contribution in [3.8, 4) is 0 Å². The molecule has 5 heteroatoms. The molecular formula is C20H26N2O3.